The topological polar surface area (TPSA) is 17.1 Å². The van der Waals surface area contributed by atoms with E-state index in [1.807, 2.05) is 12.1 Å². The fraction of sp³-hybridized carbons (Fsp3) is 0.462. The van der Waals surface area contributed by atoms with Crippen molar-refractivity contribution < 1.29 is 4.79 Å². The minimum Gasteiger partial charge on any atom is -0.293 e. The fourth-order valence-electron chi connectivity index (χ4n) is 1.50. The summed E-state index contributed by atoms with van der Waals surface area (Å²) in [6, 6.07) is 7.99. The summed E-state index contributed by atoms with van der Waals surface area (Å²) in [6.07, 6.45) is 1.05. The van der Waals surface area contributed by atoms with Crippen molar-refractivity contribution in [2.45, 2.75) is 27.2 Å². The Morgan fingerprint density at radius 3 is 2.13 bits per heavy atom. The molecule has 15 heavy (non-hydrogen) atoms. The minimum atomic E-state index is 0.206. The van der Waals surface area contributed by atoms with Crippen LogP contribution in [0.1, 0.15) is 36.7 Å². The number of rotatable bonds is 3. The molecule has 2 heteroatoms. The Labute approximate surface area is 105 Å². The van der Waals surface area contributed by atoms with Gasteiger partial charge in [0.05, 0.1) is 4.43 Å². The van der Waals surface area contributed by atoms with Gasteiger partial charge in [-0.2, -0.15) is 0 Å². The van der Waals surface area contributed by atoms with Gasteiger partial charge in [-0.3, -0.25) is 4.79 Å². The van der Waals surface area contributed by atoms with Gasteiger partial charge >= 0.3 is 0 Å². The lowest BCUT2D eigenvalue weighted by Crippen LogP contribution is -2.09. The van der Waals surface area contributed by atoms with Gasteiger partial charge in [-0.15, -0.1) is 0 Å². The van der Waals surface area contributed by atoms with Crippen molar-refractivity contribution in [2.24, 2.45) is 5.41 Å². The van der Waals surface area contributed by atoms with Gasteiger partial charge in [-0.1, -0.05) is 67.6 Å². The van der Waals surface area contributed by atoms with E-state index in [0.29, 0.717) is 9.84 Å². The van der Waals surface area contributed by atoms with Crippen LogP contribution in [0.4, 0.5) is 0 Å². The first-order valence-electron chi connectivity index (χ1n) is 5.10. The van der Waals surface area contributed by atoms with Gasteiger partial charge in [0, 0.05) is 5.56 Å². The van der Waals surface area contributed by atoms with Gasteiger partial charge in [0.2, 0.25) is 0 Å². The molecule has 0 saturated heterocycles. The van der Waals surface area contributed by atoms with E-state index < -0.39 is 0 Å². The van der Waals surface area contributed by atoms with Crippen LogP contribution in [0.3, 0.4) is 0 Å². The lowest BCUT2D eigenvalue weighted by atomic mass is 9.88. The summed E-state index contributed by atoms with van der Waals surface area (Å²) in [5.74, 6) is 0.206. The lowest BCUT2D eigenvalue weighted by molar-refractivity contribution is 0.102. The van der Waals surface area contributed by atoms with Crippen LogP contribution in [0.5, 0.6) is 0 Å². The Morgan fingerprint density at radius 1 is 1.20 bits per heavy atom. The third-order valence-electron chi connectivity index (χ3n) is 2.13. The van der Waals surface area contributed by atoms with Crippen LogP contribution >= 0.6 is 22.6 Å². The number of Topliss-reactive ketones (excluding diaryl/α,β-unsaturated/α-hetero) is 1. The summed E-state index contributed by atoms with van der Waals surface area (Å²) in [5.41, 5.74) is 2.42. The van der Waals surface area contributed by atoms with Crippen LogP contribution in [0.2, 0.25) is 0 Å². The molecule has 0 heterocycles. The third kappa shape index (κ3) is 4.33. The Morgan fingerprint density at radius 2 is 1.73 bits per heavy atom. The number of alkyl halides is 1. The van der Waals surface area contributed by atoms with Crippen molar-refractivity contribution in [2.75, 3.05) is 4.43 Å². The van der Waals surface area contributed by atoms with Gasteiger partial charge in [0.25, 0.3) is 0 Å². The van der Waals surface area contributed by atoms with E-state index in [2.05, 4.69) is 55.5 Å². The zero-order chi connectivity index (χ0) is 11.5. The molecular formula is C13H17IO. The molecule has 0 radical (unpaired) electrons. The molecule has 0 amide bonds. The van der Waals surface area contributed by atoms with Crippen LogP contribution in [0, 0.1) is 5.41 Å². The largest absolute Gasteiger partial charge is 0.293 e. The van der Waals surface area contributed by atoms with E-state index >= 15 is 0 Å². The first kappa shape index (κ1) is 12.7. The van der Waals surface area contributed by atoms with E-state index in [-0.39, 0.29) is 5.78 Å². The molecular weight excluding hydrogens is 299 g/mol. The minimum absolute atomic E-state index is 0.206. The third-order valence-corrected chi connectivity index (χ3v) is 2.82. The molecule has 0 aliphatic heterocycles. The molecule has 0 unspecified atom stereocenters. The summed E-state index contributed by atoms with van der Waals surface area (Å²) in [6.45, 7) is 6.66. The lowest BCUT2D eigenvalue weighted by Gasteiger charge is -2.18. The summed E-state index contributed by atoms with van der Waals surface area (Å²) in [5, 5.41) is 0. The Hall–Kier alpha value is -0.380. The van der Waals surface area contributed by atoms with Crippen molar-refractivity contribution in [1.82, 2.24) is 0 Å². The molecule has 82 valence electrons. The van der Waals surface area contributed by atoms with Crippen molar-refractivity contribution >= 4 is 28.4 Å². The molecule has 0 bridgehead atoms. The SMILES string of the molecule is CC(C)(C)Cc1ccc(C(=O)CI)cc1. The summed E-state index contributed by atoms with van der Waals surface area (Å²) < 4.78 is 0.552. The zero-order valence-electron chi connectivity index (χ0n) is 9.51. The molecule has 0 saturated carbocycles. The first-order chi connectivity index (χ1) is 6.92. The molecule has 0 aliphatic rings. The van der Waals surface area contributed by atoms with E-state index in [1.165, 1.54) is 5.56 Å². The average Bonchev–Trinajstić information content (AvgIpc) is 2.15. The van der Waals surface area contributed by atoms with Gasteiger partial charge in [-0.05, 0) is 17.4 Å². The van der Waals surface area contributed by atoms with Crippen LogP contribution in [0.25, 0.3) is 0 Å². The van der Waals surface area contributed by atoms with E-state index in [0.717, 1.165) is 12.0 Å². The molecule has 0 N–H and O–H groups in total. The van der Waals surface area contributed by atoms with Crippen LogP contribution in [-0.2, 0) is 6.42 Å². The normalized spacial score (nSPS) is 11.5. The maximum atomic E-state index is 11.4. The highest BCUT2D eigenvalue weighted by atomic mass is 127. The second-order valence-electron chi connectivity index (χ2n) is 4.99. The van der Waals surface area contributed by atoms with Gasteiger partial charge in [0.1, 0.15) is 0 Å². The van der Waals surface area contributed by atoms with Crippen molar-refractivity contribution in [3.8, 4) is 0 Å². The number of benzene rings is 1. The second kappa shape index (κ2) is 5.10. The highest BCUT2D eigenvalue weighted by Gasteiger charge is 2.11. The van der Waals surface area contributed by atoms with Crippen LogP contribution < -0.4 is 0 Å². The van der Waals surface area contributed by atoms with E-state index in [9.17, 15) is 4.79 Å². The molecule has 0 aliphatic carbocycles. The molecule has 1 aromatic rings. The molecule has 0 fully saturated rings. The zero-order valence-corrected chi connectivity index (χ0v) is 11.7. The number of ketones is 1. The second-order valence-corrected chi connectivity index (χ2v) is 5.75. The monoisotopic (exact) mass is 316 g/mol. The highest BCUT2D eigenvalue weighted by Crippen LogP contribution is 2.20. The number of hydrogen-bond acceptors (Lipinski definition) is 1. The van der Waals surface area contributed by atoms with Gasteiger partial charge < -0.3 is 0 Å². The van der Waals surface area contributed by atoms with Crippen LogP contribution in [-0.4, -0.2) is 10.2 Å². The molecule has 1 nitrogen and oxygen atoms in total. The molecule has 1 rings (SSSR count). The average molecular weight is 316 g/mol. The van der Waals surface area contributed by atoms with Crippen molar-refractivity contribution in [1.29, 1.82) is 0 Å². The Balaban J connectivity index is 2.77. The van der Waals surface area contributed by atoms with Gasteiger partial charge in [-0.25, -0.2) is 0 Å². The molecule has 0 spiro atoms. The van der Waals surface area contributed by atoms with Crippen molar-refractivity contribution in [3.63, 3.8) is 0 Å². The standard InChI is InChI=1S/C13H17IO/c1-13(2,3)8-10-4-6-11(7-5-10)12(15)9-14/h4-7H,8-9H2,1-3H3. The van der Waals surface area contributed by atoms with Crippen molar-refractivity contribution in [3.05, 3.63) is 35.4 Å². The summed E-state index contributed by atoms with van der Waals surface area (Å²) in [4.78, 5) is 11.4. The molecule has 0 atom stereocenters. The quantitative estimate of drug-likeness (QED) is 0.470. The smallest absolute Gasteiger partial charge is 0.172 e. The fourth-order valence-corrected chi connectivity index (χ4v) is 1.94. The maximum Gasteiger partial charge on any atom is 0.172 e. The number of carbonyl (C=O) groups is 1. The summed E-state index contributed by atoms with van der Waals surface area (Å²) in [7, 11) is 0. The first-order valence-corrected chi connectivity index (χ1v) is 6.63. The Kier molecular flexibility index (Phi) is 4.32. The number of hydrogen-bond donors (Lipinski definition) is 0. The molecule has 0 aromatic heterocycles. The molecule has 1 aromatic carbocycles. The number of halogens is 1. The predicted octanol–water partition coefficient (Wildman–Crippen LogP) is 3.89. The van der Waals surface area contributed by atoms with Gasteiger partial charge in [0.15, 0.2) is 5.78 Å². The Bertz CT molecular complexity index is 333. The maximum absolute atomic E-state index is 11.4. The van der Waals surface area contributed by atoms with E-state index in [4.69, 9.17) is 0 Å². The highest BCUT2D eigenvalue weighted by molar-refractivity contribution is 14.1. The predicted molar refractivity (Wildman–Crippen MR) is 72.8 cm³/mol. The van der Waals surface area contributed by atoms with Crippen LogP contribution in [0.15, 0.2) is 24.3 Å². The summed E-state index contributed by atoms with van der Waals surface area (Å²) >= 11 is 2.10. The van der Waals surface area contributed by atoms with E-state index in [1.54, 1.807) is 0 Å². The number of carbonyl (C=O) groups excluding carboxylic acids is 1.